The molecule has 0 aliphatic rings. The maximum absolute atomic E-state index is 12.9. The molecule has 6 nitrogen and oxygen atoms in total. The largest absolute Gasteiger partial charge is 0.462 e. The molecule has 79 heavy (non-hydrogen) atoms. The highest BCUT2D eigenvalue weighted by molar-refractivity contribution is 5.71. The minimum atomic E-state index is -0.788. The lowest BCUT2D eigenvalue weighted by molar-refractivity contribution is -0.167. The first kappa shape index (κ1) is 75.6. The van der Waals surface area contributed by atoms with Crippen LogP contribution in [-0.4, -0.2) is 37.2 Å². The van der Waals surface area contributed by atoms with Crippen molar-refractivity contribution in [3.05, 3.63) is 85.1 Å². The summed E-state index contributed by atoms with van der Waals surface area (Å²) in [7, 11) is 0. The van der Waals surface area contributed by atoms with E-state index < -0.39 is 6.10 Å². The van der Waals surface area contributed by atoms with Gasteiger partial charge in [0, 0.05) is 19.3 Å². The fraction of sp³-hybridized carbons (Fsp3) is 0.767. The molecule has 0 fully saturated rings. The van der Waals surface area contributed by atoms with Gasteiger partial charge in [-0.15, -0.1) is 0 Å². The molecule has 0 aromatic carbocycles. The molecule has 0 aromatic rings. The zero-order valence-corrected chi connectivity index (χ0v) is 52.4. The highest BCUT2D eigenvalue weighted by atomic mass is 16.6. The Labute approximate surface area is 490 Å². The van der Waals surface area contributed by atoms with Gasteiger partial charge in [0.1, 0.15) is 13.2 Å². The number of unbranched alkanes of at least 4 members (excludes halogenated alkanes) is 37. The number of ether oxygens (including phenoxy) is 3. The van der Waals surface area contributed by atoms with Crippen molar-refractivity contribution in [2.75, 3.05) is 13.2 Å². The smallest absolute Gasteiger partial charge is 0.306 e. The van der Waals surface area contributed by atoms with Gasteiger partial charge in [0.25, 0.3) is 0 Å². The summed E-state index contributed by atoms with van der Waals surface area (Å²) in [6.45, 7) is 6.59. The zero-order chi connectivity index (χ0) is 57.1. The van der Waals surface area contributed by atoms with E-state index in [1.54, 1.807) is 0 Å². The molecular formula is C73H128O6. The van der Waals surface area contributed by atoms with Gasteiger partial charge in [-0.2, -0.15) is 0 Å². The van der Waals surface area contributed by atoms with E-state index in [9.17, 15) is 14.4 Å². The number of rotatable bonds is 62. The normalized spacial score (nSPS) is 12.6. The summed E-state index contributed by atoms with van der Waals surface area (Å²) in [6.07, 6.45) is 88.8. The van der Waals surface area contributed by atoms with E-state index in [1.807, 2.05) is 0 Å². The lowest BCUT2D eigenvalue weighted by atomic mass is 10.0. The predicted molar refractivity (Wildman–Crippen MR) is 344 cm³/mol. The molecule has 456 valence electrons. The van der Waals surface area contributed by atoms with E-state index in [-0.39, 0.29) is 31.1 Å². The van der Waals surface area contributed by atoms with Crippen LogP contribution in [0.25, 0.3) is 0 Å². The van der Waals surface area contributed by atoms with Crippen LogP contribution in [0.3, 0.4) is 0 Å². The molecular weight excluding hydrogens is 973 g/mol. The first-order chi connectivity index (χ1) is 39.0. The third kappa shape index (κ3) is 65.3. The summed E-state index contributed by atoms with van der Waals surface area (Å²) in [5.74, 6) is -0.892. The van der Waals surface area contributed by atoms with Gasteiger partial charge in [0.2, 0.25) is 0 Å². The maximum Gasteiger partial charge on any atom is 0.306 e. The van der Waals surface area contributed by atoms with Crippen LogP contribution in [0.15, 0.2) is 85.1 Å². The van der Waals surface area contributed by atoms with Crippen molar-refractivity contribution < 1.29 is 28.6 Å². The Morgan fingerprint density at radius 1 is 0.253 bits per heavy atom. The Kier molecular flexibility index (Phi) is 64.2. The summed E-state index contributed by atoms with van der Waals surface area (Å²) in [5.41, 5.74) is 0. The molecule has 0 bridgehead atoms. The summed E-state index contributed by atoms with van der Waals surface area (Å²) >= 11 is 0. The second-order valence-electron chi connectivity index (χ2n) is 22.7. The number of esters is 3. The summed E-state index contributed by atoms with van der Waals surface area (Å²) in [6, 6.07) is 0. The third-order valence-corrected chi connectivity index (χ3v) is 14.8. The lowest BCUT2D eigenvalue weighted by Crippen LogP contribution is -2.30. The van der Waals surface area contributed by atoms with Crippen LogP contribution in [0.2, 0.25) is 0 Å². The molecule has 0 saturated carbocycles. The number of carbonyl (C=O) groups excluding carboxylic acids is 3. The van der Waals surface area contributed by atoms with Gasteiger partial charge in [-0.05, 0) is 116 Å². The molecule has 0 rings (SSSR count). The van der Waals surface area contributed by atoms with Gasteiger partial charge in [-0.25, -0.2) is 0 Å². The molecule has 0 aliphatic carbocycles. The van der Waals surface area contributed by atoms with Crippen LogP contribution >= 0.6 is 0 Å². The van der Waals surface area contributed by atoms with Crippen molar-refractivity contribution in [2.24, 2.45) is 0 Å². The van der Waals surface area contributed by atoms with Crippen LogP contribution < -0.4 is 0 Å². The summed E-state index contributed by atoms with van der Waals surface area (Å²) < 4.78 is 16.9. The molecule has 0 radical (unpaired) electrons. The average Bonchev–Trinajstić information content (AvgIpc) is 3.45. The number of hydrogen-bond acceptors (Lipinski definition) is 6. The van der Waals surface area contributed by atoms with Crippen molar-refractivity contribution in [1.29, 1.82) is 0 Å². The van der Waals surface area contributed by atoms with Crippen molar-refractivity contribution in [3.8, 4) is 0 Å². The molecule has 0 saturated heterocycles. The van der Waals surface area contributed by atoms with Crippen LogP contribution in [0.4, 0.5) is 0 Å². The Morgan fingerprint density at radius 3 is 0.759 bits per heavy atom. The minimum Gasteiger partial charge on any atom is -0.462 e. The van der Waals surface area contributed by atoms with Gasteiger partial charge in [-0.1, -0.05) is 292 Å². The Morgan fingerprint density at radius 2 is 0.468 bits per heavy atom. The highest BCUT2D eigenvalue weighted by Gasteiger charge is 2.19. The van der Waals surface area contributed by atoms with Crippen molar-refractivity contribution in [3.63, 3.8) is 0 Å². The topological polar surface area (TPSA) is 78.9 Å². The quantitative estimate of drug-likeness (QED) is 0.0261. The van der Waals surface area contributed by atoms with Gasteiger partial charge in [0.15, 0.2) is 6.10 Å². The second kappa shape index (κ2) is 67.1. The molecule has 0 aromatic heterocycles. The van der Waals surface area contributed by atoms with Crippen LogP contribution in [0, 0.1) is 0 Å². The standard InChI is InChI=1S/C73H128O6/c1-4-7-10-13-16-19-22-25-28-30-32-33-34-35-36-37-38-39-40-41-42-44-45-48-51-54-57-60-63-66-72(75)78-69-70(68-77-71(74)65-62-59-56-53-50-47-27-24-21-18-15-12-9-6-3)79-73(76)67-64-61-58-55-52-49-46-43-31-29-26-23-20-17-14-11-8-5-2/h15,18,20,22-25,27,29-32,34-35,70H,4-14,16-17,19,21,26,28,33,36-69H2,1-3H3/b18-15-,23-20-,25-22-,27-24-,31-29-,32-30-,35-34-. The highest BCUT2D eigenvalue weighted by Crippen LogP contribution is 2.17. The zero-order valence-electron chi connectivity index (χ0n) is 52.4. The van der Waals surface area contributed by atoms with E-state index in [1.165, 1.54) is 199 Å². The Bertz CT molecular complexity index is 1500. The third-order valence-electron chi connectivity index (χ3n) is 14.8. The average molecular weight is 1100 g/mol. The van der Waals surface area contributed by atoms with Crippen molar-refractivity contribution in [2.45, 2.75) is 348 Å². The maximum atomic E-state index is 12.9. The SMILES string of the molecule is CCCC/C=C\C/C=C\CCCCCCCC(=O)OCC(COC(=O)CCCCCCCCCCCCCCCC/C=C\C/C=C\C/C=C\CCCCCCC)OC(=O)CCCCCCCCC/C=C\C/C=C\CCCCCC. The fourth-order valence-corrected chi connectivity index (χ4v) is 9.68. The number of allylic oxidation sites excluding steroid dienone is 14. The van der Waals surface area contributed by atoms with Gasteiger partial charge in [0.05, 0.1) is 0 Å². The summed E-state index contributed by atoms with van der Waals surface area (Å²) in [5, 5.41) is 0. The monoisotopic (exact) mass is 1100 g/mol. The molecule has 1 unspecified atom stereocenters. The Hall–Kier alpha value is -3.41. The van der Waals surface area contributed by atoms with Gasteiger partial charge >= 0.3 is 17.9 Å². The molecule has 0 heterocycles. The molecule has 0 spiro atoms. The number of carbonyl (C=O) groups is 3. The van der Waals surface area contributed by atoms with Gasteiger partial charge < -0.3 is 14.2 Å². The minimum absolute atomic E-state index is 0.0830. The first-order valence-electron chi connectivity index (χ1n) is 34.1. The van der Waals surface area contributed by atoms with E-state index >= 15 is 0 Å². The van der Waals surface area contributed by atoms with Crippen molar-refractivity contribution in [1.82, 2.24) is 0 Å². The first-order valence-corrected chi connectivity index (χ1v) is 34.1. The predicted octanol–water partition coefficient (Wildman–Crippen LogP) is 23.4. The number of hydrogen-bond donors (Lipinski definition) is 0. The van der Waals surface area contributed by atoms with Crippen LogP contribution in [0.1, 0.15) is 342 Å². The van der Waals surface area contributed by atoms with E-state index in [4.69, 9.17) is 14.2 Å². The van der Waals surface area contributed by atoms with E-state index in [2.05, 4.69) is 106 Å². The molecule has 0 aliphatic heterocycles. The second-order valence-corrected chi connectivity index (χ2v) is 22.7. The van der Waals surface area contributed by atoms with E-state index in [0.29, 0.717) is 19.3 Å². The Balaban J connectivity index is 4.27. The molecule has 0 amide bonds. The van der Waals surface area contributed by atoms with Crippen molar-refractivity contribution >= 4 is 17.9 Å². The van der Waals surface area contributed by atoms with E-state index in [0.717, 1.165) is 103 Å². The van der Waals surface area contributed by atoms with Crippen LogP contribution in [0.5, 0.6) is 0 Å². The van der Waals surface area contributed by atoms with Crippen LogP contribution in [-0.2, 0) is 28.6 Å². The van der Waals surface area contributed by atoms with Gasteiger partial charge in [-0.3, -0.25) is 14.4 Å². The molecule has 1 atom stereocenters. The fourth-order valence-electron chi connectivity index (χ4n) is 9.68. The molecule has 0 N–H and O–H groups in total. The molecule has 6 heteroatoms. The lowest BCUT2D eigenvalue weighted by Gasteiger charge is -2.18. The summed E-state index contributed by atoms with van der Waals surface area (Å²) in [4.78, 5) is 38.4.